The van der Waals surface area contributed by atoms with E-state index in [1.807, 2.05) is 0 Å². The van der Waals surface area contributed by atoms with Gasteiger partial charge < -0.3 is 5.32 Å². The molecule has 0 aromatic heterocycles. The van der Waals surface area contributed by atoms with Gasteiger partial charge in [0, 0.05) is 18.9 Å². The van der Waals surface area contributed by atoms with Crippen LogP contribution < -0.4 is 5.32 Å². The Morgan fingerprint density at radius 1 is 1.41 bits per heavy atom. The van der Waals surface area contributed by atoms with E-state index in [0.717, 1.165) is 32.2 Å². The Morgan fingerprint density at radius 2 is 2.24 bits per heavy atom. The summed E-state index contributed by atoms with van der Waals surface area (Å²) < 4.78 is 0. The maximum atomic E-state index is 11.8. The van der Waals surface area contributed by atoms with Crippen LogP contribution in [0.3, 0.4) is 0 Å². The lowest BCUT2D eigenvalue weighted by Crippen LogP contribution is -2.31. The third-order valence-electron chi connectivity index (χ3n) is 3.46. The average molecular weight is 231 g/mol. The molecule has 0 bridgehead atoms. The first-order valence-corrected chi connectivity index (χ1v) is 6.64. The maximum absolute atomic E-state index is 11.8. The third-order valence-corrected chi connectivity index (χ3v) is 3.46. The first kappa shape index (κ1) is 12.3. The van der Waals surface area contributed by atoms with Crippen LogP contribution in [-0.4, -0.2) is 12.3 Å². The number of unbranched alkanes of at least 4 members (excludes halogenated alkanes) is 1. The number of fused-ring (bicyclic) bond motifs is 1. The van der Waals surface area contributed by atoms with Crippen molar-refractivity contribution in [3.63, 3.8) is 0 Å². The lowest BCUT2D eigenvalue weighted by molar-refractivity contribution is -0.119. The van der Waals surface area contributed by atoms with Gasteiger partial charge in [0.25, 0.3) is 0 Å². The van der Waals surface area contributed by atoms with Crippen LogP contribution in [0.5, 0.6) is 0 Å². The molecule has 0 aliphatic carbocycles. The van der Waals surface area contributed by atoms with Crippen molar-refractivity contribution in [2.45, 2.75) is 45.1 Å². The average Bonchev–Trinajstić information content (AvgIpc) is 2.37. The standard InChI is InChI=1S/C15H21NO/c1-2-3-7-13(17)11-15-14-8-5-4-6-12(14)9-10-16-15/h4-6,8,15-16H,2-3,7,9-11H2,1H3. The SMILES string of the molecule is CCCCC(=O)CC1NCCc2ccccc21. The highest BCUT2D eigenvalue weighted by Gasteiger charge is 2.21. The smallest absolute Gasteiger partial charge is 0.134 e. The Morgan fingerprint density at radius 3 is 3.06 bits per heavy atom. The second-order valence-corrected chi connectivity index (χ2v) is 4.80. The maximum Gasteiger partial charge on any atom is 0.134 e. The van der Waals surface area contributed by atoms with Crippen LogP contribution in [0.4, 0.5) is 0 Å². The quantitative estimate of drug-likeness (QED) is 0.844. The van der Waals surface area contributed by atoms with Crippen molar-refractivity contribution in [2.75, 3.05) is 6.54 Å². The minimum atomic E-state index is 0.240. The summed E-state index contributed by atoms with van der Waals surface area (Å²) in [6, 6.07) is 8.72. The molecule has 1 heterocycles. The van der Waals surface area contributed by atoms with Gasteiger partial charge in [-0.3, -0.25) is 4.79 Å². The minimum absolute atomic E-state index is 0.240. The molecule has 1 aliphatic rings. The van der Waals surface area contributed by atoms with E-state index in [1.165, 1.54) is 11.1 Å². The number of ketones is 1. The van der Waals surface area contributed by atoms with E-state index in [4.69, 9.17) is 0 Å². The van der Waals surface area contributed by atoms with Crippen LogP contribution in [-0.2, 0) is 11.2 Å². The van der Waals surface area contributed by atoms with Crippen molar-refractivity contribution in [3.8, 4) is 0 Å². The molecule has 0 saturated carbocycles. The van der Waals surface area contributed by atoms with Crippen molar-refractivity contribution < 1.29 is 4.79 Å². The van der Waals surface area contributed by atoms with E-state index >= 15 is 0 Å². The predicted molar refractivity (Wildman–Crippen MR) is 70.0 cm³/mol. The van der Waals surface area contributed by atoms with Gasteiger partial charge in [-0.1, -0.05) is 37.6 Å². The van der Waals surface area contributed by atoms with E-state index < -0.39 is 0 Å². The molecule has 92 valence electrons. The zero-order chi connectivity index (χ0) is 12.1. The molecule has 1 atom stereocenters. The summed E-state index contributed by atoms with van der Waals surface area (Å²) in [5.41, 5.74) is 2.73. The first-order chi connectivity index (χ1) is 8.31. The lowest BCUT2D eigenvalue weighted by atomic mass is 9.91. The van der Waals surface area contributed by atoms with Gasteiger partial charge in [0.2, 0.25) is 0 Å². The van der Waals surface area contributed by atoms with Crippen molar-refractivity contribution in [1.82, 2.24) is 5.32 Å². The first-order valence-electron chi connectivity index (χ1n) is 6.64. The molecule has 1 N–H and O–H groups in total. The zero-order valence-electron chi connectivity index (χ0n) is 10.5. The second-order valence-electron chi connectivity index (χ2n) is 4.80. The summed E-state index contributed by atoms with van der Waals surface area (Å²) in [5, 5.41) is 3.46. The number of benzene rings is 1. The molecule has 0 amide bonds. The molecule has 0 radical (unpaired) electrons. The van der Waals surface area contributed by atoms with Crippen LogP contribution in [0.2, 0.25) is 0 Å². The summed E-state index contributed by atoms with van der Waals surface area (Å²) in [4.78, 5) is 11.8. The number of nitrogens with one attached hydrogen (secondary N) is 1. The molecule has 0 fully saturated rings. The molecule has 2 heteroatoms. The molecule has 1 unspecified atom stereocenters. The van der Waals surface area contributed by atoms with Crippen molar-refractivity contribution in [2.24, 2.45) is 0 Å². The Balaban J connectivity index is 2.01. The molecule has 17 heavy (non-hydrogen) atoms. The Labute approximate surface area is 103 Å². The number of hydrogen-bond acceptors (Lipinski definition) is 2. The van der Waals surface area contributed by atoms with Gasteiger partial charge in [-0.2, -0.15) is 0 Å². The Hall–Kier alpha value is -1.15. The van der Waals surface area contributed by atoms with E-state index in [-0.39, 0.29) is 6.04 Å². The summed E-state index contributed by atoms with van der Waals surface area (Å²) in [6.45, 7) is 3.12. The zero-order valence-corrected chi connectivity index (χ0v) is 10.5. The largest absolute Gasteiger partial charge is 0.309 e. The molecule has 1 aromatic carbocycles. The third kappa shape index (κ3) is 3.16. The lowest BCUT2D eigenvalue weighted by Gasteiger charge is -2.26. The van der Waals surface area contributed by atoms with E-state index in [2.05, 4.69) is 36.5 Å². The fourth-order valence-electron chi connectivity index (χ4n) is 2.48. The van der Waals surface area contributed by atoms with E-state index in [9.17, 15) is 4.79 Å². The van der Waals surface area contributed by atoms with Crippen LogP contribution in [0.15, 0.2) is 24.3 Å². The molecule has 2 nitrogen and oxygen atoms in total. The van der Waals surface area contributed by atoms with Gasteiger partial charge in [0.1, 0.15) is 5.78 Å². The molecular formula is C15H21NO. The molecule has 2 rings (SSSR count). The van der Waals surface area contributed by atoms with Crippen molar-refractivity contribution in [1.29, 1.82) is 0 Å². The van der Waals surface area contributed by atoms with Gasteiger partial charge in [-0.25, -0.2) is 0 Å². The molecule has 1 aliphatic heterocycles. The van der Waals surface area contributed by atoms with Gasteiger partial charge in [-0.15, -0.1) is 0 Å². The molecule has 0 saturated heterocycles. The number of Topliss-reactive ketones (excluding diaryl/α,β-unsaturated/α-hetero) is 1. The number of carbonyl (C=O) groups is 1. The Bertz CT molecular complexity index is 386. The number of carbonyl (C=O) groups excluding carboxylic acids is 1. The van der Waals surface area contributed by atoms with Gasteiger partial charge in [0.05, 0.1) is 0 Å². The summed E-state index contributed by atoms with van der Waals surface area (Å²) in [7, 11) is 0. The summed E-state index contributed by atoms with van der Waals surface area (Å²) >= 11 is 0. The molecule has 1 aromatic rings. The Kier molecular flexibility index (Phi) is 4.32. The fourth-order valence-corrected chi connectivity index (χ4v) is 2.48. The van der Waals surface area contributed by atoms with Gasteiger partial charge in [0.15, 0.2) is 0 Å². The van der Waals surface area contributed by atoms with Crippen molar-refractivity contribution in [3.05, 3.63) is 35.4 Å². The summed E-state index contributed by atoms with van der Waals surface area (Å²) in [6.07, 6.45) is 4.58. The van der Waals surface area contributed by atoms with E-state index in [1.54, 1.807) is 0 Å². The van der Waals surface area contributed by atoms with Gasteiger partial charge >= 0.3 is 0 Å². The van der Waals surface area contributed by atoms with Crippen LogP contribution in [0, 0.1) is 0 Å². The number of rotatable bonds is 5. The monoisotopic (exact) mass is 231 g/mol. The summed E-state index contributed by atoms with van der Waals surface area (Å²) in [5.74, 6) is 0.390. The van der Waals surface area contributed by atoms with E-state index in [0.29, 0.717) is 12.2 Å². The molecular weight excluding hydrogens is 210 g/mol. The van der Waals surface area contributed by atoms with Crippen LogP contribution in [0.25, 0.3) is 0 Å². The normalized spacial score (nSPS) is 18.8. The number of hydrogen-bond donors (Lipinski definition) is 1. The highest BCUT2D eigenvalue weighted by Crippen LogP contribution is 2.25. The highest BCUT2D eigenvalue weighted by molar-refractivity contribution is 5.79. The predicted octanol–water partition coefficient (Wildman–Crippen LogP) is 3.02. The second kappa shape index (κ2) is 5.97. The van der Waals surface area contributed by atoms with Gasteiger partial charge in [-0.05, 0) is 30.5 Å². The fraction of sp³-hybridized carbons (Fsp3) is 0.533. The minimum Gasteiger partial charge on any atom is -0.309 e. The molecule has 0 spiro atoms. The highest BCUT2D eigenvalue weighted by atomic mass is 16.1. The van der Waals surface area contributed by atoms with Crippen LogP contribution in [0.1, 0.15) is 49.8 Å². The topological polar surface area (TPSA) is 29.1 Å². The van der Waals surface area contributed by atoms with Crippen LogP contribution >= 0.6 is 0 Å². The van der Waals surface area contributed by atoms with Crippen molar-refractivity contribution >= 4 is 5.78 Å².